The molecule has 0 aromatic carbocycles. The maximum atomic E-state index is 5.50. The minimum Gasteiger partial charge on any atom is -0.380 e. The third-order valence-corrected chi connectivity index (χ3v) is 2.57. The van der Waals surface area contributed by atoms with Gasteiger partial charge in [-0.1, -0.05) is 13.3 Å². The summed E-state index contributed by atoms with van der Waals surface area (Å²) in [6.45, 7) is 7.89. The van der Waals surface area contributed by atoms with Crippen molar-refractivity contribution in [2.24, 2.45) is 5.73 Å². The number of rotatable bonds is 9. The van der Waals surface area contributed by atoms with Gasteiger partial charge in [-0.05, 0) is 33.4 Å². The van der Waals surface area contributed by atoms with Gasteiger partial charge < -0.3 is 15.4 Å². The highest BCUT2D eigenvalue weighted by atomic mass is 16.5. The standard InChI is InChI=1S/C11H26N2O/c1-4-5-9-14-10-8-13(3)11(2)6-7-12/h11H,4-10,12H2,1-3H3. The van der Waals surface area contributed by atoms with E-state index in [0.717, 1.165) is 32.7 Å². The maximum Gasteiger partial charge on any atom is 0.0593 e. The van der Waals surface area contributed by atoms with E-state index in [2.05, 4.69) is 25.8 Å². The van der Waals surface area contributed by atoms with E-state index in [9.17, 15) is 0 Å². The molecule has 1 unspecified atom stereocenters. The molecular weight excluding hydrogens is 176 g/mol. The van der Waals surface area contributed by atoms with Crippen molar-refractivity contribution in [3.63, 3.8) is 0 Å². The van der Waals surface area contributed by atoms with E-state index in [1.165, 1.54) is 12.8 Å². The average molecular weight is 202 g/mol. The summed E-state index contributed by atoms with van der Waals surface area (Å²) < 4.78 is 5.50. The summed E-state index contributed by atoms with van der Waals surface area (Å²) in [6.07, 6.45) is 3.44. The number of nitrogens with zero attached hydrogens (tertiary/aromatic N) is 1. The summed E-state index contributed by atoms with van der Waals surface area (Å²) in [5, 5.41) is 0. The Hall–Kier alpha value is -0.120. The lowest BCUT2D eigenvalue weighted by Gasteiger charge is -2.23. The maximum absolute atomic E-state index is 5.50. The molecule has 0 aliphatic rings. The number of ether oxygens (including phenoxy) is 1. The van der Waals surface area contributed by atoms with E-state index in [1.54, 1.807) is 0 Å². The molecule has 0 radical (unpaired) electrons. The van der Waals surface area contributed by atoms with E-state index in [0.29, 0.717) is 6.04 Å². The highest BCUT2D eigenvalue weighted by molar-refractivity contribution is 4.62. The van der Waals surface area contributed by atoms with Gasteiger partial charge in [0.2, 0.25) is 0 Å². The molecule has 86 valence electrons. The molecule has 0 saturated carbocycles. The van der Waals surface area contributed by atoms with Crippen molar-refractivity contribution >= 4 is 0 Å². The minimum atomic E-state index is 0.565. The molecule has 0 fully saturated rings. The molecule has 0 spiro atoms. The van der Waals surface area contributed by atoms with Crippen LogP contribution >= 0.6 is 0 Å². The quantitative estimate of drug-likeness (QED) is 0.575. The lowest BCUT2D eigenvalue weighted by atomic mass is 10.2. The fourth-order valence-electron chi connectivity index (χ4n) is 1.24. The second-order valence-corrected chi connectivity index (χ2v) is 3.87. The van der Waals surface area contributed by atoms with E-state index in [-0.39, 0.29) is 0 Å². The molecule has 0 bridgehead atoms. The second-order valence-electron chi connectivity index (χ2n) is 3.87. The first-order valence-electron chi connectivity index (χ1n) is 5.70. The van der Waals surface area contributed by atoms with E-state index in [1.807, 2.05) is 0 Å². The zero-order valence-corrected chi connectivity index (χ0v) is 9.96. The monoisotopic (exact) mass is 202 g/mol. The van der Waals surface area contributed by atoms with Gasteiger partial charge >= 0.3 is 0 Å². The van der Waals surface area contributed by atoms with Gasteiger partial charge in [-0.15, -0.1) is 0 Å². The van der Waals surface area contributed by atoms with Crippen LogP contribution in [-0.2, 0) is 4.74 Å². The summed E-state index contributed by atoms with van der Waals surface area (Å²) in [6, 6.07) is 0.565. The molecule has 0 rings (SSSR count). The molecule has 3 heteroatoms. The number of likely N-dealkylation sites (N-methyl/N-ethyl adjacent to an activating group) is 1. The first-order valence-corrected chi connectivity index (χ1v) is 5.70. The molecule has 14 heavy (non-hydrogen) atoms. The Kier molecular flexibility index (Phi) is 9.35. The molecule has 0 aromatic rings. The van der Waals surface area contributed by atoms with Crippen molar-refractivity contribution in [2.45, 2.75) is 39.2 Å². The summed E-state index contributed by atoms with van der Waals surface area (Å²) in [5.74, 6) is 0. The van der Waals surface area contributed by atoms with Gasteiger partial charge in [0.05, 0.1) is 6.61 Å². The number of hydrogen-bond donors (Lipinski definition) is 1. The normalized spacial score (nSPS) is 13.5. The van der Waals surface area contributed by atoms with Gasteiger partial charge in [-0.25, -0.2) is 0 Å². The van der Waals surface area contributed by atoms with Gasteiger partial charge in [-0.2, -0.15) is 0 Å². The van der Waals surface area contributed by atoms with Crippen LogP contribution in [0.2, 0.25) is 0 Å². The smallest absolute Gasteiger partial charge is 0.0593 e. The SMILES string of the molecule is CCCCOCCN(C)C(C)CCN. The first kappa shape index (κ1) is 13.9. The summed E-state index contributed by atoms with van der Waals surface area (Å²) in [7, 11) is 2.13. The van der Waals surface area contributed by atoms with Crippen molar-refractivity contribution in [2.75, 3.05) is 33.4 Å². The Morgan fingerprint density at radius 2 is 2.07 bits per heavy atom. The Balaban J connectivity index is 3.29. The number of nitrogens with two attached hydrogens (primary N) is 1. The molecule has 0 aliphatic heterocycles. The number of unbranched alkanes of at least 4 members (excludes halogenated alkanes) is 1. The summed E-state index contributed by atoms with van der Waals surface area (Å²) in [4.78, 5) is 2.30. The van der Waals surface area contributed by atoms with Crippen LogP contribution < -0.4 is 5.73 Å². The van der Waals surface area contributed by atoms with Crippen LogP contribution in [0.1, 0.15) is 33.1 Å². The van der Waals surface area contributed by atoms with Gasteiger partial charge in [0.15, 0.2) is 0 Å². The predicted octanol–water partition coefficient (Wildman–Crippen LogP) is 1.47. The van der Waals surface area contributed by atoms with Gasteiger partial charge in [0.1, 0.15) is 0 Å². The van der Waals surface area contributed by atoms with Crippen molar-refractivity contribution in [3.8, 4) is 0 Å². The Labute approximate surface area is 88.6 Å². The van der Waals surface area contributed by atoms with E-state index in [4.69, 9.17) is 10.5 Å². The van der Waals surface area contributed by atoms with Crippen LogP contribution in [0.5, 0.6) is 0 Å². The fourth-order valence-corrected chi connectivity index (χ4v) is 1.24. The highest BCUT2D eigenvalue weighted by Gasteiger charge is 2.06. The molecule has 0 amide bonds. The lowest BCUT2D eigenvalue weighted by molar-refractivity contribution is 0.0977. The largest absolute Gasteiger partial charge is 0.380 e. The van der Waals surface area contributed by atoms with Crippen LogP contribution in [0.3, 0.4) is 0 Å². The average Bonchev–Trinajstić information content (AvgIpc) is 2.17. The van der Waals surface area contributed by atoms with Crippen LogP contribution in [0.15, 0.2) is 0 Å². The second kappa shape index (κ2) is 9.44. The molecule has 0 aromatic heterocycles. The Morgan fingerprint density at radius 1 is 1.36 bits per heavy atom. The fraction of sp³-hybridized carbons (Fsp3) is 1.00. The zero-order valence-electron chi connectivity index (χ0n) is 9.96. The topological polar surface area (TPSA) is 38.5 Å². The van der Waals surface area contributed by atoms with Gasteiger partial charge in [-0.3, -0.25) is 0 Å². The van der Waals surface area contributed by atoms with E-state index < -0.39 is 0 Å². The van der Waals surface area contributed by atoms with Crippen LogP contribution in [0.4, 0.5) is 0 Å². The molecule has 0 aliphatic carbocycles. The molecule has 1 atom stereocenters. The van der Waals surface area contributed by atoms with E-state index >= 15 is 0 Å². The van der Waals surface area contributed by atoms with Gasteiger partial charge in [0, 0.05) is 19.2 Å². The minimum absolute atomic E-state index is 0.565. The van der Waals surface area contributed by atoms with Gasteiger partial charge in [0.25, 0.3) is 0 Å². The van der Waals surface area contributed by atoms with Crippen molar-refractivity contribution < 1.29 is 4.74 Å². The summed E-state index contributed by atoms with van der Waals surface area (Å²) in [5.41, 5.74) is 5.50. The molecule has 0 saturated heterocycles. The van der Waals surface area contributed by atoms with Crippen molar-refractivity contribution in [1.29, 1.82) is 0 Å². The van der Waals surface area contributed by atoms with Crippen molar-refractivity contribution in [3.05, 3.63) is 0 Å². The first-order chi connectivity index (χ1) is 6.72. The third kappa shape index (κ3) is 7.30. The Morgan fingerprint density at radius 3 is 2.64 bits per heavy atom. The molecule has 2 N–H and O–H groups in total. The predicted molar refractivity (Wildman–Crippen MR) is 61.5 cm³/mol. The lowest BCUT2D eigenvalue weighted by Crippen LogP contribution is -2.33. The molecule has 0 heterocycles. The summed E-state index contributed by atoms with van der Waals surface area (Å²) >= 11 is 0. The Bertz CT molecular complexity index is 120. The molecular formula is C11H26N2O. The molecule has 3 nitrogen and oxygen atoms in total. The number of hydrogen-bond acceptors (Lipinski definition) is 3. The third-order valence-electron chi connectivity index (χ3n) is 2.57. The van der Waals surface area contributed by atoms with Crippen LogP contribution in [-0.4, -0.2) is 44.3 Å². The highest BCUT2D eigenvalue weighted by Crippen LogP contribution is 1.99. The van der Waals surface area contributed by atoms with Crippen LogP contribution in [0.25, 0.3) is 0 Å². The zero-order chi connectivity index (χ0) is 10.8. The van der Waals surface area contributed by atoms with Crippen molar-refractivity contribution in [1.82, 2.24) is 4.90 Å². The van der Waals surface area contributed by atoms with Crippen LogP contribution in [0, 0.1) is 0 Å².